The average molecular weight is 656 g/mol. The fourth-order valence-corrected chi connectivity index (χ4v) is 7.15. The zero-order valence-corrected chi connectivity index (χ0v) is 26.0. The maximum Gasteiger partial charge on any atom is 0.267 e. The molecule has 5 rings (SSSR count). The Labute approximate surface area is 250 Å². The highest BCUT2D eigenvalue weighted by Crippen LogP contribution is 2.34. The summed E-state index contributed by atoms with van der Waals surface area (Å²) in [5.74, 6) is 0.457. The highest BCUT2D eigenvalue weighted by molar-refractivity contribution is 14.1. The molecule has 212 valence electrons. The van der Waals surface area contributed by atoms with Crippen molar-refractivity contribution in [3.05, 3.63) is 71.0 Å². The van der Waals surface area contributed by atoms with Crippen LogP contribution in [0.25, 0.3) is 11.1 Å². The molecule has 0 spiro atoms. The number of alkyl halides is 1. The van der Waals surface area contributed by atoms with Crippen LogP contribution in [0.1, 0.15) is 57.8 Å². The van der Waals surface area contributed by atoms with Gasteiger partial charge in [0.15, 0.2) is 0 Å². The van der Waals surface area contributed by atoms with Crippen LogP contribution >= 0.6 is 22.6 Å². The van der Waals surface area contributed by atoms with Crippen LogP contribution in [0.3, 0.4) is 0 Å². The van der Waals surface area contributed by atoms with Gasteiger partial charge in [-0.2, -0.15) is 0 Å². The first-order valence-corrected chi connectivity index (χ1v) is 15.3. The Morgan fingerprint density at radius 2 is 1.77 bits per heavy atom. The van der Waals surface area contributed by atoms with E-state index in [-0.39, 0.29) is 17.9 Å². The summed E-state index contributed by atoms with van der Waals surface area (Å²) in [6.07, 6.45) is 4.42. The van der Waals surface area contributed by atoms with Crippen molar-refractivity contribution in [2.45, 2.75) is 44.8 Å². The van der Waals surface area contributed by atoms with E-state index in [9.17, 15) is 9.59 Å². The third kappa shape index (κ3) is 5.58. The Hall–Kier alpha value is -3.05. The molecular weight excluding hydrogens is 617 g/mol. The number of halogens is 1. The van der Waals surface area contributed by atoms with Crippen LogP contribution in [0.4, 0.5) is 5.69 Å². The lowest BCUT2D eigenvalue weighted by atomic mass is 10.00. The van der Waals surface area contributed by atoms with Crippen molar-refractivity contribution in [3.63, 3.8) is 0 Å². The number of anilines is 1. The summed E-state index contributed by atoms with van der Waals surface area (Å²) in [4.78, 5) is 30.9. The maximum absolute atomic E-state index is 13.6. The summed E-state index contributed by atoms with van der Waals surface area (Å²) in [6, 6.07) is 15.0. The average Bonchev–Trinajstić information content (AvgIpc) is 3.47. The first kappa shape index (κ1) is 28.5. The third-order valence-corrected chi connectivity index (χ3v) is 9.20. The summed E-state index contributed by atoms with van der Waals surface area (Å²) < 4.78 is 8.48. The number of hydrogen-bond donors (Lipinski definition) is 2. The molecule has 0 radical (unpaired) electrons. The number of amides is 2. The molecule has 0 saturated carbocycles. The van der Waals surface area contributed by atoms with Crippen LogP contribution in [-0.2, 0) is 7.05 Å². The van der Waals surface area contributed by atoms with Crippen LogP contribution in [0.2, 0.25) is 0 Å². The van der Waals surface area contributed by atoms with Crippen molar-refractivity contribution in [3.8, 4) is 16.9 Å². The Kier molecular flexibility index (Phi) is 8.42. The number of ether oxygens (including phenoxy) is 1. The Morgan fingerprint density at radius 1 is 1.05 bits per heavy atom. The molecular formula is C31H38IN5O3. The largest absolute Gasteiger partial charge is 0.497 e. The van der Waals surface area contributed by atoms with Crippen molar-refractivity contribution < 1.29 is 14.3 Å². The fourth-order valence-electron chi connectivity index (χ4n) is 6.04. The summed E-state index contributed by atoms with van der Waals surface area (Å²) >= 11 is 2.48. The lowest BCUT2D eigenvalue weighted by Gasteiger charge is -2.41. The van der Waals surface area contributed by atoms with Gasteiger partial charge in [0, 0.05) is 62.3 Å². The van der Waals surface area contributed by atoms with E-state index >= 15 is 0 Å². The van der Waals surface area contributed by atoms with E-state index in [4.69, 9.17) is 4.74 Å². The number of hydrogen-bond acceptors (Lipinski definition) is 5. The Bertz CT molecular complexity index is 1410. The number of carbonyl (C=O) groups excluding carboxylic acids is 2. The van der Waals surface area contributed by atoms with Crippen molar-refractivity contribution in [1.29, 1.82) is 0 Å². The van der Waals surface area contributed by atoms with Gasteiger partial charge in [-0.1, -0.05) is 28.7 Å². The summed E-state index contributed by atoms with van der Waals surface area (Å²) in [6.45, 7) is 5.99. The molecule has 2 saturated heterocycles. The molecule has 3 atom stereocenters. The highest BCUT2D eigenvalue weighted by Gasteiger charge is 2.39. The van der Waals surface area contributed by atoms with Gasteiger partial charge < -0.3 is 24.8 Å². The fraction of sp³-hybridized carbons (Fsp3) is 0.419. The molecule has 2 amide bonds. The molecule has 2 bridgehead atoms. The second-order valence-corrected chi connectivity index (χ2v) is 11.6. The lowest BCUT2D eigenvalue weighted by molar-refractivity contribution is 0.0935. The zero-order chi connectivity index (χ0) is 28.6. The Morgan fingerprint density at radius 3 is 2.42 bits per heavy atom. The zero-order valence-electron chi connectivity index (χ0n) is 23.8. The van der Waals surface area contributed by atoms with E-state index in [1.807, 2.05) is 55.9 Å². The van der Waals surface area contributed by atoms with Crippen LogP contribution < -0.4 is 20.3 Å². The third-order valence-electron chi connectivity index (χ3n) is 8.41. The van der Waals surface area contributed by atoms with E-state index in [0.717, 1.165) is 45.6 Å². The minimum Gasteiger partial charge on any atom is -0.497 e. The van der Waals surface area contributed by atoms with Crippen LogP contribution in [0.15, 0.2) is 48.7 Å². The molecule has 2 fully saturated rings. The van der Waals surface area contributed by atoms with Crippen LogP contribution in [0, 0.1) is 6.92 Å². The molecule has 1 aromatic heterocycles. The maximum atomic E-state index is 13.6. The molecule has 9 heteroatoms. The van der Waals surface area contributed by atoms with Crippen LogP contribution in [0.5, 0.6) is 5.75 Å². The van der Waals surface area contributed by atoms with Crippen molar-refractivity contribution in [2.75, 3.05) is 36.7 Å². The molecule has 2 N–H and O–H groups in total. The van der Waals surface area contributed by atoms with Gasteiger partial charge in [-0.3, -0.25) is 14.5 Å². The Balaban J connectivity index is 1.36. The molecule has 0 aliphatic carbocycles. The van der Waals surface area contributed by atoms with E-state index in [1.54, 1.807) is 14.2 Å². The van der Waals surface area contributed by atoms with Gasteiger partial charge in [0.1, 0.15) is 11.4 Å². The SMILES string of the molecule is CNC(=O)c1cc(-c2cc(OC)cc([C@@H](C)NC(=O)c3cc(N4C[C@H]5CC[C@@H](C4)N5CI)ccc3C)c2)cn1C. The predicted molar refractivity (Wildman–Crippen MR) is 168 cm³/mol. The summed E-state index contributed by atoms with van der Waals surface area (Å²) in [5, 5.41) is 5.89. The number of aromatic nitrogens is 1. The minimum atomic E-state index is -0.255. The van der Waals surface area contributed by atoms with Gasteiger partial charge in [0.2, 0.25) is 0 Å². The molecule has 2 aliphatic rings. The minimum absolute atomic E-state index is 0.0910. The van der Waals surface area contributed by atoms with Gasteiger partial charge in [-0.05, 0) is 79.8 Å². The smallest absolute Gasteiger partial charge is 0.267 e. The molecule has 0 unspecified atom stereocenters. The van der Waals surface area contributed by atoms with E-state index < -0.39 is 0 Å². The first-order chi connectivity index (χ1) is 19.2. The number of methoxy groups -OCH3 is 1. The number of piperazine rings is 1. The summed E-state index contributed by atoms with van der Waals surface area (Å²) in [5.41, 5.74) is 6.09. The molecule has 8 nitrogen and oxygen atoms in total. The number of carbonyl (C=O) groups is 2. The molecule has 2 aliphatic heterocycles. The molecule has 40 heavy (non-hydrogen) atoms. The first-order valence-electron chi connectivity index (χ1n) is 13.8. The van der Waals surface area contributed by atoms with Gasteiger partial charge in [0.25, 0.3) is 11.8 Å². The van der Waals surface area contributed by atoms with E-state index in [2.05, 4.69) is 61.2 Å². The van der Waals surface area contributed by atoms with Gasteiger partial charge in [-0.25, -0.2) is 0 Å². The van der Waals surface area contributed by atoms with Crippen LogP contribution in [-0.4, -0.2) is 65.2 Å². The topological polar surface area (TPSA) is 78.8 Å². The molecule has 3 heterocycles. The van der Waals surface area contributed by atoms with Crippen molar-refractivity contribution in [2.24, 2.45) is 7.05 Å². The number of nitrogens with zero attached hydrogens (tertiary/aromatic N) is 3. The molecule has 2 aromatic carbocycles. The second kappa shape index (κ2) is 11.8. The van der Waals surface area contributed by atoms with E-state index in [0.29, 0.717) is 29.1 Å². The van der Waals surface area contributed by atoms with E-state index in [1.165, 1.54) is 12.8 Å². The number of rotatable bonds is 8. The second-order valence-electron chi connectivity index (χ2n) is 10.9. The highest BCUT2D eigenvalue weighted by atomic mass is 127. The number of benzene rings is 2. The van der Waals surface area contributed by atoms with Gasteiger partial charge in [-0.15, -0.1) is 0 Å². The van der Waals surface area contributed by atoms with Gasteiger partial charge >= 0.3 is 0 Å². The number of fused-ring (bicyclic) bond motifs is 2. The number of aryl methyl sites for hydroxylation is 2. The van der Waals surface area contributed by atoms with Crippen molar-refractivity contribution in [1.82, 2.24) is 20.1 Å². The van der Waals surface area contributed by atoms with Gasteiger partial charge in [0.05, 0.1) is 17.7 Å². The number of nitrogens with one attached hydrogen (secondary N) is 2. The lowest BCUT2D eigenvalue weighted by Crippen LogP contribution is -2.53. The monoisotopic (exact) mass is 655 g/mol. The van der Waals surface area contributed by atoms with Crippen molar-refractivity contribution >= 4 is 40.1 Å². The normalized spacial score (nSPS) is 19.4. The summed E-state index contributed by atoms with van der Waals surface area (Å²) in [7, 11) is 5.10. The predicted octanol–water partition coefficient (Wildman–Crippen LogP) is 4.91. The molecule has 3 aromatic rings. The quantitative estimate of drug-likeness (QED) is 0.205. The standard InChI is InChI=1S/C31H38IN5O3/c1-19-6-7-24(36-16-25-8-9-26(17-36)37(25)18-32)14-28(19)30(38)34-20(2)21-10-22(12-27(11-21)40-5)23-13-29(31(39)33-3)35(4)15-23/h6-7,10-15,20,25-26H,8-9,16-18H2,1-5H3,(H,33,39)(H,34,38)/t20-,25-,26+/m1/s1.